The van der Waals surface area contributed by atoms with Gasteiger partial charge in [-0.05, 0) is 36.7 Å². The summed E-state index contributed by atoms with van der Waals surface area (Å²) in [5.41, 5.74) is 1.20. The van der Waals surface area contributed by atoms with Gasteiger partial charge in [-0.25, -0.2) is 0 Å². The molecule has 0 bridgehead atoms. The van der Waals surface area contributed by atoms with Gasteiger partial charge in [0.2, 0.25) is 0 Å². The van der Waals surface area contributed by atoms with Crippen LogP contribution in [0.25, 0.3) is 0 Å². The fourth-order valence-corrected chi connectivity index (χ4v) is 3.00. The number of allylic oxidation sites excluding steroid dienone is 1. The summed E-state index contributed by atoms with van der Waals surface area (Å²) < 4.78 is 10.8. The average molecular weight is 290 g/mol. The van der Waals surface area contributed by atoms with Gasteiger partial charge in [0.1, 0.15) is 0 Å². The van der Waals surface area contributed by atoms with Crippen molar-refractivity contribution in [1.82, 2.24) is 0 Å². The second-order valence-corrected chi connectivity index (χ2v) is 5.73. The van der Waals surface area contributed by atoms with Crippen LogP contribution in [0.2, 0.25) is 0 Å². The number of aliphatic hydroxyl groups is 1. The van der Waals surface area contributed by atoms with Crippen LogP contribution in [-0.2, 0) is 16.1 Å². The van der Waals surface area contributed by atoms with Crippen LogP contribution >= 0.6 is 0 Å². The van der Waals surface area contributed by atoms with Crippen LogP contribution in [0.4, 0.5) is 0 Å². The molecule has 0 unspecified atom stereocenters. The molecular formula is C18H26O3. The molecule has 3 nitrogen and oxygen atoms in total. The van der Waals surface area contributed by atoms with Gasteiger partial charge in [-0.2, -0.15) is 0 Å². The molecule has 0 aliphatic heterocycles. The summed E-state index contributed by atoms with van der Waals surface area (Å²) in [7, 11) is 1.69. The van der Waals surface area contributed by atoms with E-state index in [1.54, 1.807) is 7.11 Å². The number of methoxy groups -OCH3 is 1. The van der Waals surface area contributed by atoms with E-state index in [-0.39, 0.29) is 6.10 Å². The Bertz CT molecular complexity index is 416. The number of hydrogen-bond acceptors (Lipinski definition) is 3. The van der Waals surface area contributed by atoms with E-state index in [2.05, 4.69) is 18.2 Å². The second kappa shape index (κ2) is 8.98. The highest BCUT2D eigenvalue weighted by molar-refractivity contribution is 5.13. The third-order valence-electron chi connectivity index (χ3n) is 4.21. The molecule has 116 valence electrons. The van der Waals surface area contributed by atoms with Crippen molar-refractivity contribution < 1.29 is 14.6 Å². The minimum Gasteiger partial charge on any atom is -0.393 e. The van der Waals surface area contributed by atoms with Gasteiger partial charge in [0.05, 0.1) is 25.9 Å². The highest BCUT2D eigenvalue weighted by Gasteiger charge is 2.33. The van der Waals surface area contributed by atoms with E-state index in [0.717, 1.165) is 25.9 Å². The van der Waals surface area contributed by atoms with Crippen LogP contribution < -0.4 is 0 Å². The monoisotopic (exact) mass is 290 g/mol. The number of rotatable bonds is 8. The summed E-state index contributed by atoms with van der Waals surface area (Å²) in [5, 5.41) is 10.1. The van der Waals surface area contributed by atoms with Crippen LogP contribution in [0, 0.1) is 11.8 Å². The van der Waals surface area contributed by atoms with E-state index in [1.807, 2.05) is 24.3 Å². The minimum absolute atomic E-state index is 0.192. The minimum atomic E-state index is -0.192. The average Bonchev–Trinajstić information content (AvgIpc) is 2.86. The summed E-state index contributed by atoms with van der Waals surface area (Å²) in [5.74, 6) is 0.768. The summed E-state index contributed by atoms with van der Waals surface area (Å²) in [6, 6.07) is 10.2. The molecule has 1 aliphatic carbocycles. The Hall–Kier alpha value is -1.16. The maximum atomic E-state index is 10.1. The lowest BCUT2D eigenvalue weighted by atomic mass is 9.92. The van der Waals surface area contributed by atoms with Crippen molar-refractivity contribution in [2.24, 2.45) is 11.8 Å². The summed E-state index contributed by atoms with van der Waals surface area (Å²) in [6.45, 7) is 2.02. The number of benzene rings is 1. The van der Waals surface area contributed by atoms with E-state index in [9.17, 15) is 5.11 Å². The van der Waals surface area contributed by atoms with Crippen molar-refractivity contribution in [2.45, 2.75) is 32.0 Å². The highest BCUT2D eigenvalue weighted by atomic mass is 16.5. The molecular weight excluding hydrogens is 264 g/mol. The van der Waals surface area contributed by atoms with Crippen LogP contribution in [0.5, 0.6) is 0 Å². The Morgan fingerprint density at radius 2 is 2.00 bits per heavy atom. The lowest BCUT2D eigenvalue weighted by Crippen LogP contribution is -2.22. The van der Waals surface area contributed by atoms with Gasteiger partial charge in [0.25, 0.3) is 0 Å². The smallest absolute Gasteiger partial charge is 0.0717 e. The van der Waals surface area contributed by atoms with Crippen molar-refractivity contribution in [3.05, 3.63) is 48.0 Å². The molecule has 0 radical (unpaired) electrons. The number of aliphatic hydroxyl groups excluding tert-OH is 1. The Balaban J connectivity index is 1.75. The fourth-order valence-electron chi connectivity index (χ4n) is 3.00. The topological polar surface area (TPSA) is 38.7 Å². The van der Waals surface area contributed by atoms with Gasteiger partial charge in [-0.15, -0.1) is 0 Å². The van der Waals surface area contributed by atoms with Crippen molar-refractivity contribution in [1.29, 1.82) is 0 Å². The van der Waals surface area contributed by atoms with Gasteiger partial charge in [0.15, 0.2) is 0 Å². The standard InChI is InChI=1S/C18H26O3/c1-20-12-6-5-9-17-16(10-11-18(17)19)14-21-13-15-7-3-2-4-8-15/h2-8,16-19H,9-14H2,1H3/b6-5+/t16-,17-,18+/m0/s1. The first-order valence-electron chi connectivity index (χ1n) is 7.75. The van der Waals surface area contributed by atoms with Crippen molar-refractivity contribution >= 4 is 0 Å². The third-order valence-corrected chi connectivity index (χ3v) is 4.21. The molecule has 0 heterocycles. The van der Waals surface area contributed by atoms with Crippen LogP contribution in [-0.4, -0.2) is 31.5 Å². The Kier molecular flexibility index (Phi) is 6.93. The van der Waals surface area contributed by atoms with E-state index >= 15 is 0 Å². The molecule has 1 saturated carbocycles. The van der Waals surface area contributed by atoms with E-state index < -0.39 is 0 Å². The van der Waals surface area contributed by atoms with Crippen molar-refractivity contribution in [3.63, 3.8) is 0 Å². The first-order chi connectivity index (χ1) is 10.3. The molecule has 3 heteroatoms. The largest absolute Gasteiger partial charge is 0.393 e. The number of ether oxygens (including phenoxy) is 2. The SMILES string of the molecule is COC/C=C/C[C@H]1[C@H](COCc2ccccc2)CC[C@H]1O. The van der Waals surface area contributed by atoms with Gasteiger partial charge in [-0.3, -0.25) is 0 Å². The Morgan fingerprint density at radius 1 is 1.19 bits per heavy atom. The third kappa shape index (κ3) is 5.27. The van der Waals surface area contributed by atoms with Crippen LogP contribution in [0.15, 0.2) is 42.5 Å². The van der Waals surface area contributed by atoms with Crippen LogP contribution in [0.3, 0.4) is 0 Å². The lowest BCUT2D eigenvalue weighted by Gasteiger charge is -2.20. The van der Waals surface area contributed by atoms with E-state index in [1.165, 1.54) is 5.56 Å². The normalized spacial score (nSPS) is 25.7. The molecule has 1 N–H and O–H groups in total. The molecule has 0 aromatic heterocycles. The molecule has 1 fully saturated rings. The van der Waals surface area contributed by atoms with Gasteiger partial charge in [0, 0.05) is 7.11 Å². The van der Waals surface area contributed by atoms with Gasteiger partial charge in [-0.1, -0.05) is 42.5 Å². The molecule has 0 spiro atoms. The fraction of sp³-hybridized carbons (Fsp3) is 0.556. The predicted molar refractivity (Wildman–Crippen MR) is 84.0 cm³/mol. The zero-order valence-corrected chi connectivity index (χ0v) is 12.8. The zero-order chi connectivity index (χ0) is 14.9. The maximum absolute atomic E-state index is 10.1. The highest BCUT2D eigenvalue weighted by Crippen LogP contribution is 2.35. The quantitative estimate of drug-likeness (QED) is 0.747. The van der Waals surface area contributed by atoms with Gasteiger partial charge >= 0.3 is 0 Å². The lowest BCUT2D eigenvalue weighted by molar-refractivity contribution is 0.0517. The van der Waals surface area contributed by atoms with Crippen molar-refractivity contribution in [3.8, 4) is 0 Å². The molecule has 1 aromatic carbocycles. The zero-order valence-electron chi connectivity index (χ0n) is 12.8. The second-order valence-electron chi connectivity index (χ2n) is 5.73. The molecule has 3 atom stereocenters. The molecule has 1 aromatic rings. The van der Waals surface area contributed by atoms with E-state index in [4.69, 9.17) is 9.47 Å². The van der Waals surface area contributed by atoms with Crippen LogP contribution in [0.1, 0.15) is 24.8 Å². The Morgan fingerprint density at radius 3 is 2.76 bits per heavy atom. The molecule has 0 saturated heterocycles. The molecule has 0 amide bonds. The maximum Gasteiger partial charge on any atom is 0.0717 e. The first kappa shape index (κ1) is 16.2. The predicted octanol–water partition coefficient (Wildman–Crippen LogP) is 3.18. The summed E-state index contributed by atoms with van der Waals surface area (Å²) in [6.07, 6.45) is 6.80. The number of hydrogen-bond donors (Lipinski definition) is 1. The van der Waals surface area contributed by atoms with Gasteiger partial charge < -0.3 is 14.6 Å². The van der Waals surface area contributed by atoms with Crippen molar-refractivity contribution in [2.75, 3.05) is 20.3 Å². The molecule has 2 rings (SSSR count). The first-order valence-corrected chi connectivity index (χ1v) is 7.75. The summed E-state index contributed by atoms with van der Waals surface area (Å²) in [4.78, 5) is 0. The molecule has 21 heavy (non-hydrogen) atoms. The van der Waals surface area contributed by atoms with E-state index in [0.29, 0.717) is 25.0 Å². The summed E-state index contributed by atoms with van der Waals surface area (Å²) >= 11 is 0. The Labute approximate surface area is 127 Å². The molecule has 1 aliphatic rings.